The highest BCUT2D eigenvalue weighted by molar-refractivity contribution is 7.90. The molecular weight excluding hydrogens is 286 g/mol. The molecule has 1 saturated carbocycles. The molecule has 0 amide bonds. The zero-order valence-corrected chi connectivity index (χ0v) is 12.4. The summed E-state index contributed by atoms with van der Waals surface area (Å²) in [6.45, 7) is 0.290. The van der Waals surface area contributed by atoms with Gasteiger partial charge in [-0.25, -0.2) is 8.42 Å². The van der Waals surface area contributed by atoms with E-state index in [9.17, 15) is 8.42 Å². The Kier molecular flexibility index (Phi) is 4.84. The van der Waals surface area contributed by atoms with Gasteiger partial charge in [0.15, 0.2) is 9.84 Å². The number of rotatable bonds is 5. The summed E-state index contributed by atoms with van der Waals surface area (Å²) >= 11 is 6.07. The van der Waals surface area contributed by atoms with Crippen molar-refractivity contribution in [2.24, 2.45) is 0 Å². The predicted molar refractivity (Wildman–Crippen MR) is 74.7 cm³/mol. The molecule has 1 N–H and O–H groups in total. The third kappa shape index (κ3) is 3.92. The van der Waals surface area contributed by atoms with Gasteiger partial charge in [0.2, 0.25) is 0 Å². The van der Waals surface area contributed by atoms with Gasteiger partial charge in [0.05, 0.1) is 11.0 Å². The van der Waals surface area contributed by atoms with E-state index in [-0.39, 0.29) is 11.0 Å². The number of nitrogens with one attached hydrogen (secondary N) is 1. The standard InChI is InChI=1S/C13H18ClNO3S/c1-19(16,17)13-8-4-7-12(14)11(13)9-15-18-10-5-2-3-6-10/h4,7-8,10,15H,2-3,5-6,9H2,1H3. The first-order valence-corrected chi connectivity index (χ1v) is 8.61. The molecule has 1 fully saturated rings. The molecule has 1 aliphatic rings. The summed E-state index contributed by atoms with van der Waals surface area (Å²) in [5.41, 5.74) is 3.41. The van der Waals surface area contributed by atoms with E-state index in [0.717, 1.165) is 12.8 Å². The second-order valence-corrected chi connectivity index (χ2v) is 7.23. The van der Waals surface area contributed by atoms with E-state index in [4.69, 9.17) is 16.4 Å². The molecule has 106 valence electrons. The number of benzene rings is 1. The van der Waals surface area contributed by atoms with E-state index in [2.05, 4.69) is 5.48 Å². The summed E-state index contributed by atoms with van der Waals surface area (Å²) in [7, 11) is -3.29. The number of halogens is 1. The van der Waals surface area contributed by atoms with Crippen molar-refractivity contribution in [2.45, 2.75) is 43.2 Å². The average Bonchev–Trinajstić information content (AvgIpc) is 2.82. The Bertz CT molecular complexity index is 539. The van der Waals surface area contributed by atoms with Crippen LogP contribution in [0.4, 0.5) is 0 Å². The summed E-state index contributed by atoms with van der Waals surface area (Å²) in [5, 5.41) is 0.436. The predicted octanol–water partition coefficient (Wildman–Crippen LogP) is 2.71. The molecule has 2 rings (SSSR count). The molecule has 1 aromatic carbocycles. The van der Waals surface area contributed by atoms with Gasteiger partial charge in [0.1, 0.15) is 0 Å². The molecule has 0 bridgehead atoms. The van der Waals surface area contributed by atoms with Gasteiger partial charge < -0.3 is 0 Å². The fraction of sp³-hybridized carbons (Fsp3) is 0.538. The van der Waals surface area contributed by atoms with Crippen molar-refractivity contribution in [3.63, 3.8) is 0 Å². The highest BCUT2D eigenvalue weighted by Crippen LogP contribution is 2.24. The van der Waals surface area contributed by atoms with E-state index in [0.29, 0.717) is 17.1 Å². The van der Waals surface area contributed by atoms with Crippen molar-refractivity contribution in [1.29, 1.82) is 0 Å². The largest absolute Gasteiger partial charge is 0.298 e. The molecular formula is C13H18ClNO3S. The topological polar surface area (TPSA) is 55.4 Å². The molecule has 1 aromatic rings. The second-order valence-electron chi connectivity index (χ2n) is 4.83. The van der Waals surface area contributed by atoms with E-state index in [1.165, 1.54) is 19.1 Å². The molecule has 0 saturated heterocycles. The SMILES string of the molecule is CS(=O)(=O)c1cccc(Cl)c1CNOC1CCCC1. The molecule has 4 nitrogen and oxygen atoms in total. The van der Waals surface area contributed by atoms with Gasteiger partial charge in [0.25, 0.3) is 0 Å². The van der Waals surface area contributed by atoms with Crippen molar-refractivity contribution in [2.75, 3.05) is 6.26 Å². The highest BCUT2D eigenvalue weighted by Gasteiger charge is 2.18. The van der Waals surface area contributed by atoms with Crippen molar-refractivity contribution >= 4 is 21.4 Å². The van der Waals surface area contributed by atoms with E-state index in [1.807, 2.05) is 0 Å². The van der Waals surface area contributed by atoms with Crippen LogP contribution in [0, 0.1) is 0 Å². The number of hydroxylamine groups is 1. The van der Waals surface area contributed by atoms with E-state index < -0.39 is 9.84 Å². The van der Waals surface area contributed by atoms with Crippen LogP contribution < -0.4 is 5.48 Å². The summed E-state index contributed by atoms with van der Waals surface area (Å²) in [4.78, 5) is 5.78. The smallest absolute Gasteiger partial charge is 0.175 e. The molecule has 1 aliphatic carbocycles. The lowest BCUT2D eigenvalue weighted by atomic mass is 10.2. The van der Waals surface area contributed by atoms with Crippen molar-refractivity contribution in [1.82, 2.24) is 5.48 Å². The fourth-order valence-corrected chi connectivity index (χ4v) is 3.55. The molecule has 0 radical (unpaired) electrons. The quantitative estimate of drug-likeness (QED) is 0.850. The molecule has 0 spiro atoms. The normalized spacial score (nSPS) is 16.9. The van der Waals surface area contributed by atoms with Crippen LogP contribution in [0.3, 0.4) is 0 Å². The van der Waals surface area contributed by atoms with Crippen LogP contribution in [-0.2, 0) is 21.2 Å². The van der Waals surface area contributed by atoms with Gasteiger partial charge in [-0.1, -0.05) is 30.5 Å². The van der Waals surface area contributed by atoms with E-state index >= 15 is 0 Å². The summed E-state index contributed by atoms with van der Waals surface area (Å²) in [6.07, 6.45) is 5.88. The fourth-order valence-electron chi connectivity index (χ4n) is 2.30. The Morgan fingerprint density at radius 3 is 2.68 bits per heavy atom. The van der Waals surface area contributed by atoms with Gasteiger partial charge in [-0.05, 0) is 25.0 Å². The maximum atomic E-state index is 11.7. The molecule has 0 aliphatic heterocycles. The third-order valence-corrected chi connectivity index (χ3v) is 4.81. The first-order chi connectivity index (χ1) is 8.98. The number of sulfone groups is 1. The lowest BCUT2D eigenvalue weighted by Crippen LogP contribution is -2.22. The second kappa shape index (κ2) is 6.22. The Labute approximate surface area is 119 Å². The summed E-state index contributed by atoms with van der Waals surface area (Å²) in [5.74, 6) is 0. The lowest BCUT2D eigenvalue weighted by molar-refractivity contribution is -0.0247. The van der Waals surface area contributed by atoms with Gasteiger partial charge in [-0.3, -0.25) is 4.84 Å². The highest BCUT2D eigenvalue weighted by atomic mass is 35.5. The average molecular weight is 304 g/mol. The van der Waals surface area contributed by atoms with Crippen LogP contribution in [0.5, 0.6) is 0 Å². The molecule has 0 aromatic heterocycles. The van der Waals surface area contributed by atoms with Crippen LogP contribution in [0.15, 0.2) is 23.1 Å². The van der Waals surface area contributed by atoms with Crippen LogP contribution in [0.25, 0.3) is 0 Å². The number of hydrogen-bond donors (Lipinski definition) is 1. The van der Waals surface area contributed by atoms with Crippen LogP contribution in [0.1, 0.15) is 31.2 Å². The molecule has 0 heterocycles. The van der Waals surface area contributed by atoms with Crippen molar-refractivity contribution in [3.05, 3.63) is 28.8 Å². The van der Waals surface area contributed by atoms with Crippen LogP contribution >= 0.6 is 11.6 Å². The van der Waals surface area contributed by atoms with Crippen molar-refractivity contribution in [3.8, 4) is 0 Å². The Balaban J connectivity index is 2.06. The summed E-state index contributed by atoms with van der Waals surface area (Å²) < 4.78 is 23.4. The first kappa shape index (κ1) is 14.8. The zero-order chi connectivity index (χ0) is 13.9. The maximum absolute atomic E-state index is 11.7. The molecule has 0 unspecified atom stereocenters. The Hall–Kier alpha value is -0.620. The zero-order valence-electron chi connectivity index (χ0n) is 10.9. The van der Waals surface area contributed by atoms with Crippen molar-refractivity contribution < 1.29 is 13.3 Å². The molecule has 6 heteroatoms. The van der Waals surface area contributed by atoms with Crippen LogP contribution in [0.2, 0.25) is 5.02 Å². The minimum Gasteiger partial charge on any atom is -0.298 e. The first-order valence-electron chi connectivity index (χ1n) is 6.34. The maximum Gasteiger partial charge on any atom is 0.175 e. The van der Waals surface area contributed by atoms with Gasteiger partial charge >= 0.3 is 0 Å². The minimum atomic E-state index is -3.29. The monoisotopic (exact) mass is 303 g/mol. The molecule has 19 heavy (non-hydrogen) atoms. The third-order valence-electron chi connectivity index (χ3n) is 3.28. The van der Waals surface area contributed by atoms with E-state index in [1.54, 1.807) is 18.2 Å². The lowest BCUT2D eigenvalue weighted by Gasteiger charge is -2.14. The molecule has 0 atom stereocenters. The number of hydrogen-bond acceptors (Lipinski definition) is 4. The minimum absolute atomic E-state index is 0.226. The van der Waals surface area contributed by atoms with Gasteiger partial charge in [-0.15, -0.1) is 0 Å². The Morgan fingerprint density at radius 1 is 1.37 bits per heavy atom. The van der Waals surface area contributed by atoms with Crippen LogP contribution in [-0.4, -0.2) is 20.8 Å². The van der Waals surface area contributed by atoms with Gasteiger partial charge in [-0.2, -0.15) is 5.48 Å². The summed E-state index contributed by atoms with van der Waals surface area (Å²) in [6, 6.07) is 4.89. The van der Waals surface area contributed by atoms with Gasteiger partial charge in [0, 0.05) is 23.4 Å². The Morgan fingerprint density at radius 2 is 2.05 bits per heavy atom.